The largest absolute Gasteiger partial charge is 0.478 e. The molecule has 0 radical (unpaired) electrons. The Kier molecular flexibility index (Phi) is 4.42. The summed E-state index contributed by atoms with van der Waals surface area (Å²) in [6, 6.07) is 12.5. The Morgan fingerprint density at radius 3 is 2.46 bits per heavy atom. The number of halogens is 1. The molecular weight excluding hydrogens is 350 g/mol. The molecule has 0 bridgehead atoms. The molecule has 0 atom stereocenters. The van der Waals surface area contributed by atoms with Gasteiger partial charge < -0.3 is 5.11 Å². The van der Waals surface area contributed by atoms with Gasteiger partial charge in [-0.25, -0.2) is 9.69 Å². The van der Waals surface area contributed by atoms with Crippen LogP contribution >= 0.6 is 23.4 Å². The van der Waals surface area contributed by atoms with E-state index in [4.69, 9.17) is 16.7 Å². The molecule has 0 aliphatic carbocycles. The number of hydrogen-bond acceptors (Lipinski definition) is 4. The third-order valence-electron chi connectivity index (χ3n) is 3.32. The van der Waals surface area contributed by atoms with Gasteiger partial charge in [0, 0.05) is 5.02 Å². The maximum atomic E-state index is 12.5. The highest BCUT2D eigenvalue weighted by atomic mass is 35.5. The van der Waals surface area contributed by atoms with Crippen LogP contribution in [0.1, 0.15) is 15.9 Å². The van der Waals surface area contributed by atoms with Crippen molar-refractivity contribution in [1.82, 2.24) is 0 Å². The van der Waals surface area contributed by atoms with E-state index < -0.39 is 17.1 Å². The smallest absolute Gasteiger partial charge is 0.335 e. The number of carboxylic acids is 1. The molecule has 0 aromatic heterocycles. The molecule has 0 saturated carbocycles. The first kappa shape index (κ1) is 16.3. The van der Waals surface area contributed by atoms with Crippen molar-refractivity contribution in [3.05, 3.63) is 69.6 Å². The Balaban J connectivity index is 1.89. The Morgan fingerprint density at radius 1 is 1.12 bits per heavy atom. The van der Waals surface area contributed by atoms with Gasteiger partial charge in [0.2, 0.25) is 0 Å². The number of thioether (sulfide) groups is 1. The molecule has 7 heteroatoms. The van der Waals surface area contributed by atoms with Gasteiger partial charge in [0.05, 0.1) is 16.2 Å². The van der Waals surface area contributed by atoms with Gasteiger partial charge in [-0.3, -0.25) is 9.59 Å². The molecule has 2 aromatic rings. The number of benzene rings is 2. The molecule has 1 N–H and O–H groups in total. The van der Waals surface area contributed by atoms with Crippen LogP contribution in [0.15, 0.2) is 53.4 Å². The van der Waals surface area contributed by atoms with Gasteiger partial charge in [-0.2, -0.15) is 0 Å². The minimum absolute atomic E-state index is 0.152. The van der Waals surface area contributed by atoms with Crippen LogP contribution in [0.25, 0.3) is 6.08 Å². The lowest BCUT2D eigenvalue weighted by molar-refractivity contribution is -0.113. The lowest BCUT2D eigenvalue weighted by Gasteiger charge is -2.12. The number of aromatic carboxylic acids is 1. The third kappa shape index (κ3) is 3.20. The van der Waals surface area contributed by atoms with Crippen LogP contribution in [-0.4, -0.2) is 22.2 Å². The summed E-state index contributed by atoms with van der Waals surface area (Å²) in [5, 5.41) is 8.91. The summed E-state index contributed by atoms with van der Waals surface area (Å²) < 4.78 is 0. The zero-order chi connectivity index (χ0) is 17.3. The predicted octanol–water partition coefficient (Wildman–Crippen LogP) is 4.28. The molecule has 1 fully saturated rings. The number of anilines is 1. The fourth-order valence-electron chi connectivity index (χ4n) is 2.18. The number of carboxylic acid groups (broad SMARTS) is 1. The van der Waals surface area contributed by atoms with E-state index in [0.717, 1.165) is 16.7 Å². The minimum Gasteiger partial charge on any atom is -0.478 e. The van der Waals surface area contributed by atoms with Gasteiger partial charge in [-0.15, -0.1) is 0 Å². The van der Waals surface area contributed by atoms with E-state index in [1.54, 1.807) is 42.5 Å². The van der Waals surface area contributed by atoms with Crippen molar-refractivity contribution in [2.45, 2.75) is 0 Å². The molecule has 1 aliphatic heterocycles. The summed E-state index contributed by atoms with van der Waals surface area (Å²) in [6.07, 6.45) is 1.56. The number of carbonyl (C=O) groups is 3. The highest BCUT2D eigenvalue weighted by Gasteiger charge is 2.36. The van der Waals surface area contributed by atoms with Crippen molar-refractivity contribution in [3.63, 3.8) is 0 Å². The zero-order valence-electron chi connectivity index (χ0n) is 12.1. The molecule has 1 heterocycles. The summed E-state index contributed by atoms with van der Waals surface area (Å²) >= 11 is 6.73. The lowest BCUT2D eigenvalue weighted by atomic mass is 10.1. The lowest BCUT2D eigenvalue weighted by Crippen LogP contribution is -2.27. The van der Waals surface area contributed by atoms with E-state index in [9.17, 15) is 14.4 Å². The number of amides is 2. The van der Waals surface area contributed by atoms with Gasteiger partial charge in [0.25, 0.3) is 11.1 Å². The van der Waals surface area contributed by atoms with Crippen molar-refractivity contribution in [2.24, 2.45) is 0 Å². The molecule has 2 aromatic carbocycles. The van der Waals surface area contributed by atoms with E-state index in [1.165, 1.54) is 12.1 Å². The van der Waals surface area contributed by atoms with Gasteiger partial charge in [-0.05, 0) is 53.7 Å². The molecule has 5 nitrogen and oxygen atoms in total. The number of hydrogen-bond donors (Lipinski definition) is 1. The second-order valence-electron chi connectivity index (χ2n) is 4.92. The minimum atomic E-state index is -1.03. The molecule has 0 unspecified atom stereocenters. The van der Waals surface area contributed by atoms with E-state index in [1.807, 2.05) is 0 Å². The van der Waals surface area contributed by atoms with Crippen LogP contribution in [0.3, 0.4) is 0 Å². The third-order valence-corrected chi connectivity index (χ3v) is 4.42. The topological polar surface area (TPSA) is 74.7 Å². The summed E-state index contributed by atoms with van der Waals surface area (Å²) in [4.78, 5) is 36.8. The summed E-state index contributed by atoms with van der Waals surface area (Å²) in [5.41, 5.74) is 1.20. The Labute approximate surface area is 146 Å². The first-order valence-corrected chi connectivity index (χ1v) is 8.02. The van der Waals surface area contributed by atoms with Gasteiger partial charge >= 0.3 is 5.97 Å². The Bertz CT molecular complexity index is 876. The second-order valence-corrected chi connectivity index (χ2v) is 6.35. The van der Waals surface area contributed by atoms with Crippen LogP contribution in [0.2, 0.25) is 5.02 Å². The second kappa shape index (κ2) is 6.51. The van der Waals surface area contributed by atoms with Crippen LogP contribution in [0.5, 0.6) is 0 Å². The van der Waals surface area contributed by atoms with E-state index >= 15 is 0 Å². The molecule has 120 valence electrons. The normalized spacial score (nSPS) is 16.0. The highest BCUT2D eigenvalue weighted by Crippen LogP contribution is 2.36. The van der Waals surface area contributed by atoms with Crippen LogP contribution in [0.4, 0.5) is 10.5 Å². The van der Waals surface area contributed by atoms with Gasteiger partial charge in [0.15, 0.2) is 0 Å². The number of rotatable bonds is 3. The number of carbonyl (C=O) groups excluding carboxylic acids is 2. The highest BCUT2D eigenvalue weighted by molar-refractivity contribution is 8.19. The first-order valence-electron chi connectivity index (χ1n) is 6.82. The number of imide groups is 1. The SMILES string of the molecule is O=C(O)c1ccc(C=C2SC(=O)N(c3cccc(Cl)c3)C2=O)cc1. The fraction of sp³-hybridized carbons (Fsp3) is 0. The van der Waals surface area contributed by atoms with Crippen molar-refractivity contribution in [2.75, 3.05) is 4.90 Å². The monoisotopic (exact) mass is 359 g/mol. The van der Waals surface area contributed by atoms with E-state index in [-0.39, 0.29) is 10.5 Å². The standard InChI is InChI=1S/C17H10ClNO4S/c18-12-2-1-3-13(9-12)19-15(20)14(24-17(19)23)8-10-4-6-11(7-5-10)16(21)22/h1-9H,(H,21,22). The number of nitrogens with zero attached hydrogens (tertiary/aromatic N) is 1. The molecule has 1 aliphatic rings. The van der Waals surface area contributed by atoms with Gasteiger partial charge in [0.1, 0.15) is 0 Å². The molecule has 3 rings (SSSR count). The van der Waals surface area contributed by atoms with Crippen LogP contribution in [-0.2, 0) is 4.79 Å². The van der Waals surface area contributed by atoms with E-state index in [0.29, 0.717) is 16.3 Å². The predicted molar refractivity (Wildman–Crippen MR) is 93.3 cm³/mol. The van der Waals surface area contributed by atoms with E-state index in [2.05, 4.69) is 0 Å². The van der Waals surface area contributed by atoms with Crippen LogP contribution < -0.4 is 4.90 Å². The Hall–Kier alpha value is -2.57. The molecule has 1 saturated heterocycles. The molecule has 0 spiro atoms. The maximum absolute atomic E-state index is 12.5. The zero-order valence-corrected chi connectivity index (χ0v) is 13.7. The Morgan fingerprint density at radius 2 is 1.83 bits per heavy atom. The van der Waals surface area contributed by atoms with Gasteiger partial charge in [-0.1, -0.05) is 29.8 Å². The maximum Gasteiger partial charge on any atom is 0.335 e. The first-order chi connectivity index (χ1) is 11.5. The fourth-order valence-corrected chi connectivity index (χ4v) is 3.20. The molecule has 2 amide bonds. The molecular formula is C17H10ClNO4S. The van der Waals surface area contributed by atoms with Crippen molar-refractivity contribution in [3.8, 4) is 0 Å². The van der Waals surface area contributed by atoms with Crippen molar-refractivity contribution < 1.29 is 19.5 Å². The van der Waals surface area contributed by atoms with Crippen molar-refractivity contribution in [1.29, 1.82) is 0 Å². The quantitative estimate of drug-likeness (QED) is 0.828. The average molecular weight is 360 g/mol. The van der Waals surface area contributed by atoms with Crippen molar-refractivity contribution >= 4 is 52.2 Å². The summed E-state index contributed by atoms with van der Waals surface area (Å²) in [5.74, 6) is -1.46. The van der Waals surface area contributed by atoms with Crippen LogP contribution in [0, 0.1) is 0 Å². The summed E-state index contributed by atoms with van der Waals surface area (Å²) in [6.45, 7) is 0. The average Bonchev–Trinajstić information content (AvgIpc) is 2.82. The molecule has 24 heavy (non-hydrogen) atoms. The summed E-state index contributed by atoms with van der Waals surface area (Å²) in [7, 11) is 0.